The van der Waals surface area contributed by atoms with Gasteiger partial charge in [-0.05, 0) is 11.6 Å². The number of carbonyl (C=O) groups is 2. The summed E-state index contributed by atoms with van der Waals surface area (Å²) < 4.78 is 0. The molecule has 2 aromatic rings. The monoisotopic (exact) mass is 298 g/mol. The summed E-state index contributed by atoms with van der Waals surface area (Å²) in [5, 5.41) is 22.0. The molecular formula is C14H6N2O6. The summed E-state index contributed by atoms with van der Waals surface area (Å²) in [6, 6.07) is 6.54. The molecule has 0 atom stereocenters. The van der Waals surface area contributed by atoms with Gasteiger partial charge in [-0.25, -0.2) is 0 Å². The van der Waals surface area contributed by atoms with E-state index in [1.165, 1.54) is 24.3 Å². The number of benzene rings is 2. The first-order chi connectivity index (χ1) is 10.5. The number of hydrogen-bond acceptors (Lipinski definition) is 6. The van der Waals surface area contributed by atoms with Gasteiger partial charge < -0.3 is 0 Å². The minimum atomic E-state index is -0.769. The van der Waals surface area contributed by atoms with Crippen LogP contribution in [0.15, 0.2) is 30.3 Å². The topological polar surface area (TPSA) is 120 Å². The van der Waals surface area contributed by atoms with Crippen LogP contribution >= 0.6 is 0 Å². The lowest BCUT2D eigenvalue weighted by atomic mass is 10.00. The molecule has 1 aliphatic carbocycles. The molecule has 0 unspecified atom stereocenters. The fraction of sp³-hybridized carbons (Fsp3) is 0. The SMILES string of the molecule is O=Cc1c([N+](=O)[O-])ccc2c1C(=O)c1c-2cccc1[N+](=O)[O-]. The van der Waals surface area contributed by atoms with Gasteiger partial charge in [-0.2, -0.15) is 0 Å². The molecule has 0 spiro atoms. The third kappa shape index (κ3) is 1.64. The Hall–Kier alpha value is -3.42. The molecule has 8 heteroatoms. The van der Waals surface area contributed by atoms with E-state index in [0.717, 1.165) is 6.07 Å². The third-order valence-electron chi connectivity index (χ3n) is 3.52. The van der Waals surface area contributed by atoms with Crippen LogP contribution in [-0.4, -0.2) is 21.9 Å². The molecule has 22 heavy (non-hydrogen) atoms. The lowest BCUT2D eigenvalue weighted by Gasteiger charge is -2.02. The molecule has 1 aliphatic rings. The molecule has 0 bridgehead atoms. The maximum atomic E-state index is 12.5. The Morgan fingerprint density at radius 2 is 1.50 bits per heavy atom. The van der Waals surface area contributed by atoms with Crippen LogP contribution in [-0.2, 0) is 0 Å². The van der Waals surface area contributed by atoms with E-state index in [1.54, 1.807) is 0 Å². The first kappa shape index (κ1) is 13.6. The number of carbonyl (C=O) groups excluding carboxylic acids is 2. The van der Waals surface area contributed by atoms with Crippen molar-refractivity contribution in [3.8, 4) is 11.1 Å². The van der Waals surface area contributed by atoms with Crippen LogP contribution in [0.4, 0.5) is 11.4 Å². The summed E-state index contributed by atoms with van der Waals surface area (Å²) in [5.74, 6) is -0.747. The van der Waals surface area contributed by atoms with Crippen LogP contribution in [0, 0.1) is 20.2 Å². The summed E-state index contributed by atoms with van der Waals surface area (Å²) >= 11 is 0. The Bertz CT molecular complexity index is 887. The second kappa shape index (κ2) is 4.55. The summed E-state index contributed by atoms with van der Waals surface area (Å²) in [5.41, 5.74) is -0.975. The zero-order chi connectivity index (χ0) is 16.0. The summed E-state index contributed by atoms with van der Waals surface area (Å²) in [4.78, 5) is 44.3. The van der Waals surface area contributed by atoms with Crippen molar-refractivity contribution in [2.24, 2.45) is 0 Å². The van der Waals surface area contributed by atoms with Gasteiger partial charge in [0.05, 0.1) is 9.85 Å². The van der Waals surface area contributed by atoms with Crippen molar-refractivity contribution in [2.75, 3.05) is 0 Å². The standard InChI is InChI=1S/C14H6N2O6/c17-6-9-10(15(19)20)5-4-8-7-2-1-3-11(16(21)22)13(7)14(18)12(8)9/h1-6H. The maximum Gasteiger partial charge on any atom is 0.281 e. The molecule has 0 radical (unpaired) electrons. The Morgan fingerprint density at radius 3 is 2.09 bits per heavy atom. The third-order valence-corrected chi connectivity index (χ3v) is 3.52. The number of ketones is 1. The lowest BCUT2D eigenvalue weighted by Crippen LogP contribution is -2.05. The van der Waals surface area contributed by atoms with Crippen molar-refractivity contribution >= 4 is 23.4 Å². The fourth-order valence-corrected chi connectivity index (χ4v) is 2.64. The highest BCUT2D eigenvalue weighted by Gasteiger charge is 2.37. The van der Waals surface area contributed by atoms with Gasteiger partial charge in [0.15, 0.2) is 6.29 Å². The van der Waals surface area contributed by atoms with Gasteiger partial charge in [0.2, 0.25) is 5.78 Å². The van der Waals surface area contributed by atoms with Crippen LogP contribution in [0.5, 0.6) is 0 Å². The molecule has 0 heterocycles. The van der Waals surface area contributed by atoms with E-state index in [1.807, 2.05) is 0 Å². The Balaban J connectivity index is 2.39. The van der Waals surface area contributed by atoms with Crippen LogP contribution < -0.4 is 0 Å². The minimum Gasteiger partial charge on any atom is -0.298 e. The number of hydrogen-bond donors (Lipinski definition) is 0. The average Bonchev–Trinajstić information content (AvgIpc) is 2.79. The summed E-state index contributed by atoms with van der Waals surface area (Å²) in [6.07, 6.45) is 0.229. The van der Waals surface area contributed by atoms with Crippen molar-refractivity contribution in [3.63, 3.8) is 0 Å². The highest BCUT2D eigenvalue weighted by Crippen LogP contribution is 2.43. The molecule has 108 valence electrons. The van der Waals surface area contributed by atoms with Crippen LogP contribution in [0.2, 0.25) is 0 Å². The summed E-state index contributed by atoms with van der Waals surface area (Å²) in [6.45, 7) is 0. The minimum absolute atomic E-state index is 0.147. The van der Waals surface area contributed by atoms with Crippen LogP contribution in [0.25, 0.3) is 11.1 Å². The fourth-order valence-electron chi connectivity index (χ4n) is 2.64. The highest BCUT2D eigenvalue weighted by molar-refractivity contribution is 6.26. The zero-order valence-electron chi connectivity index (χ0n) is 10.8. The number of nitro benzene ring substituents is 2. The average molecular weight is 298 g/mol. The quantitative estimate of drug-likeness (QED) is 0.416. The molecule has 0 amide bonds. The first-order valence-electron chi connectivity index (χ1n) is 6.06. The van der Waals surface area contributed by atoms with Gasteiger partial charge >= 0.3 is 0 Å². The molecule has 8 nitrogen and oxygen atoms in total. The Labute approximate surface area is 122 Å². The van der Waals surface area contributed by atoms with Crippen LogP contribution in [0.1, 0.15) is 26.3 Å². The molecule has 0 N–H and O–H groups in total. The van der Waals surface area contributed by atoms with Gasteiger partial charge in [0.25, 0.3) is 11.4 Å². The van der Waals surface area contributed by atoms with E-state index in [-0.39, 0.29) is 28.5 Å². The normalized spacial score (nSPS) is 11.7. The van der Waals surface area contributed by atoms with Gasteiger partial charge in [-0.15, -0.1) is 0 Å². The molecule has 2 aromatic carbocycles. The number of nitro groups is 2. The number of aldehydes is 1. The summed E-state index contributed by atoms with van der Waals surface area (Å²) in [7, 11) is 0. The van der Waals surface area contributed by atoms with Gasteiger partial charge in [0.1, 0.15) is 11.1 Å². The molecule has 0 aliphatic heterocycles. The number of nitrogens with zero attached hydrogens (tertiary/aromatic N) is 2. The van der Waals surface area contributed by atoms with Crippen molar-refractivity contribution < 1.29 is 19.4 Å². The van der Waals surface area contributed by atoms with Crippen molar-refractivity contribution in [1.82, 2.24) is 0 Å². The van der Waals surface area contributed by atoms with E-state index >= 15 is 0 Å². The molecular weight excluding hydrogens is 292 g/mol. The van der Waals surface area contributed by atoms with E-state index in [2.05, 4.69) is 0 Å². The first-order valence-corrected chi connectivity index (χ1v) is 6.06. The van der Waals surface area contributed by atoms with Gasteiger partial charge in [-0.1, -0.05) is 12.1 Å². The highest BCUT2D eigenvalue weighted by atomic mass is 16.6. The van der Waals surface area contributed by atoms with Crippen molar-refractivity contribution in [2.45, 2.75) is 0 Å². The van der Waals surface area contributed by atoms with Crippen molar-refractivity contribution in [3.05, 3.63) is 67.3 Å². The van der Waals surface area contributed by atoms with Crippen LogP contribution in [0.3, 0.4) is 0 Å². The van der Waals surface area contributed by atoms with Gasteiger partial charge in [-0.3, -0.25) is 29.8 Å². The maximum absolute atomic E-state index is 12.5. The zero-order valence-corrected chi connectivity index (χ0v) is 10.8. The molecule has 3 rings (SSSR count). The Kier molecular flexibility index (Phi) is 2.81. The molecule has 0 saturated carbocycles. The van der Waals surface area contributed by atoms with E-state index in [9.17, 15) is 29.8 Å². The predicted molar refractivity (Wildman–Crippen MR) is 74.0 cm³/mol. The second-order valence-corrected chi connectivity index (χ2v) is 4.58. The molecule has 0 fully saturated rings. The molecule has 0 saturated heterocycles. The lowest BCUT2D eigenvalue weighted by molar-refractivity contribution is -0.385. The van der Waals surface area contributed by atoms with E-state index < -0.39 is 27.0 Å². The Morgan fingerprint density at radius 1 is 0.864 bits per heavy atom. The number of rotatable bonds is 3. The molecule has 0 aromatic heterocycles. The smallest absolute Gasteiger partial charge is 0.281 e. The van der Waals surface area contributed by atoms with Gasteiger partial charge in [0, 0.05) is 23.3 Å². The van der Waals surface area contributed by atoms with E-state index in [0.29, 0.717) is 5.56 Å². The largest absolute Gasteiger partial charge is 0.298 e. The van der Waals surface area contributed by atoms with E-state index in [4.69, 9.17) is 0 Å². The predicted octanol–water partition coefficient (Wildman–Crippen LogP) is 2.53. The second-order valence-electron chi connectivity index (χ2n) is 4.58. The van der Waals surface area contributed by atoms with Crippen molar-refractivity contribution in [1.29, 1.82) is 0 Å². The number of fused-ring (bicyclic) bond motifs is 3.